The number of carbonyl (C=O) groups is 1. The Morgan fingerprint density at radius 2 is 2.04 bits per heavy atom. The van der Waals surface area contributed by atoms with Gasteiger partial charge in [0.2, 0.25) is 0 Å². The summed E-state index contributed by atoms with van der Waals surface area (Å²) in [5.74, 6) is 0.194. The lowest BCUT2D eigenvalue weighted by molar-refractivity contribution is -0.144. The van der Waals surface area contributed by atoms with E-state index in [4.69, 9.17) is 9.47 Å². The van der Waals surface area contributed by atoms with Gasteiger partial charge in [-0.25, -0.2) is 4.39 Å². The highest BCUT2D eigenvalue weighted by atomic mass is 19.1. The molecule has 0 unspecified atom stereocenters. The summed E-state index contributed by atoms with van der Waals surface area (Å²) < 4.78 is 25.8. The number of carbonyl (C=O) groups excluding carboxylic acids is 1. The van der Waals surface area contributed by atoms with Crippen LogP contribution in [0.4, 0.5) is 4.39 Å². The average molecular weight is 348 g/mol. The van der Waals surface area contributed by atoms with Gasteiger partial charge in [-0.05, 0) is 38.0 Å². The molecule has 136 valence electrons. The standard InChI is InChI=1S/C19H25FN2O3/c1-12(2)10-22-14(4)17(13(3)21-22)9-19(23)25-11-15-8-16(20)6-7-18(15)24-5/h6-8,12H,9-11H2,1-5H3. The van der Waals surface area contributed by atoms with Gasteiger partial charge >= 0.3 is 5.97 Å². The molecule has 0 aliphatic heterocycles. The predicted octanol–water partition coefficient (Wildman–Crippen LogP) is 3.59. The van der Waals surface area contributed by atoms with Gasteiger partial charge in [0.15, 0.2) is 0 Å². The van der Waals surface area contributed by atoms with Crippen molar-refractivity contribution in [3.05, 3.63) is 46.5 Å². The topological polar surface area (TPSA) is 53.4 Å². The minimum absolute atomic E-state index is 0.0298. The predicted molar refractivity (Wildman–Crippen MR) is 93.0 cm³/mol. The maximum Gasteiger partial charge on any atom is 0.310 e. The van der Waals surface area contributed by atoms with Crippen LogP contribution in [0.3, 0.4) is 0 Å². The van der Waals surface area contributed by atoms with Crippen LogP contribution in [-0.4, -0.2) is 22.9 Å². The zero-order valence-electron chi connectivity index (χ0n) is 15.4. The summed E-state index contributed by atoms with van der Waals surface area (Å²) in [6, 6.07) is 4.13. The highest BCUT2D eigenvalue weighted by molar-refractivity contribution is 5.73. The second kappa shape index (κ2) is 8.14. The Morgan fingerprint density at radius 3 is 2.68 bits per heavy atom. The summed E-state index contributed by atoms with van der Waals surface area (Å²) in [4.78, 5) is 12.2. The number of halogens is 1. The van der Waals surface area contributed by atoms with Gasteiger partial charge in [0, 0.05) is 23.4 Å². The van der Waals surface area contributed by atoms with E-state index in [1.807, 2.05) is 18.5 Å². The third-order valence-corrected chi connectivity index (χ3v) is 4.02. The molecule has 1 aromatic carbocycles. The Balaban J connectivity index is 2.04. The number of hydrogen-bond donors (Lipinski definition) is 0. The van der Waals surface area contributed by atoms with E-state index in [-0.39, 0.29) is 19.0 Å². The van der Waals surface area contributed by atoms with Crippen molar-refractivity contribution >= 4 is 5.97 Å². The van der Waals surface area contributed by atoms with Crippen LogP contribution in [0, 0.1) is 25.6 Å². The number of nitrogens with zero attached hydrogens (tertiary/aromatic N) is 2. The molecule has 0 radical (unpaired) electrons. The van der Waals surface area contributed by atoms with E-state index in [9.17, 15) is 9.18 Å². The van der Waals surface area contributed by atoms with E-state index in [1.165, 1.54) is 25.3 Å². The lowest BCUT2D eigenvalue weighted by Crippen LogP contribution is -2.11. The van der Waals surface area contributed by atoms with Gasteiger partial charge in [-0.1, -0.05) is 13.8 Å². The molecule has 0 saturated heterocycles. The van der Waals surface area contributed by atoms with Crippen molar-refractivity contribution in [2.24, 2.45) is 5.92 Å². The number of ether oxygens (including phenoxy) is 2. The Labute approximate surface area is 147 Å². The highest BCUT2D eigenvalue weighted by Gasteiger charge is 2.17. The van der Waals surface area contributed by atoms with Crippen LogP contribution < -0.4 is 4.74 Å². The SMILES string of the molecule is COc1ccc(F)cc1COC(=O)Cc1c(C)nn(CC(C)C)c1C. The fourth-order valence-electron chi connectivity index (χ4n) is 2.73. The molecule has 0 fully saturated rings. The molecule has 25 heavy (non-hydrogen) atoms. The van der Waals surface area contributed by atoms with Gasteiger partial charge in [0.25, 0.3) is 0 Å². The maximum atomic E-state index is 13.4. The Hall–Kier alpha value is -2.37. The lowest BCUT2D eigenvalue weighted by atomic mass is 10.1. The number of esters is 1. The van der Waals surface area contributed by atoms with Crippen molar-refractivity contribution < 1.29 is 18.7 Å². The monoisotopic (exact) mass is 348 g/mol. The number of aryl methyl sites for hydroxylation is 1. The summed E-state index contributed by atoms with van der Waals surface area (Å²) in [5.41, 5.74) is 3.20. The molecule has 0 saturated carbocycles. The van der Waals surface area contributed by atoms with Crippen molar-refractivity contribution in [1.82, 2.24) is 9.78 Å². The van der Waals surface area contributed by atoms with Gasteiger partial charge in [0.05, 0.1) is 19.2 Å². The summed E-state index contributed by atoms with van der Waals surface area (Å²) in [6.07, 6.45) is 0.146. The first-order chi connectivity index (χ1) is 11.8. The summed E-state index contributed by atoms with van der Waals surface area (Å²) >= 11 is 0. The van der Waals surface area contributed by atoms with E-state index in [0.717, 1.165) is 23.5 Å². The van der Waals surface area contributed by atoms with Crippen LogP contribution in [0.2, 0.25) is 0 Å². The number of benzene rings is 1. The Kier molecular flexibility index (Phi) is 6.17. The first kappa shape index (κ1) is 19.0. The normalized spacial score (nSPS) is 11.0. The van der Waals surface area contributed by atoms with Gasteiger partial charge in [-0.2, -0.15) is 5.10 Å². The first-order valence-electron chi connectivity index (χ1n) is 8.32. The number of aromatic nitrogens is 2. The van der Waals surface area contributed by atoms with Crippen molar-refractivity contribution in [2.75, 3.05) is 7.11 Å². The van der Waals surface area contributed by atoms with E-state index >= 15 is 0 Å². The highest BCUT2D eigenvalue weighted by Crippen LogP contribution is 2.21. The molecule has 0 spiro atoms. The molecule has 0 amide bonds. The van der Waals surface area contributed by atoms with Crippen LogP contribution in [-0.2, 0) is 29.1 Å². The Morgan fingerprint density at radius 1 is 1.32 bits per heavy atom. The summed E-state index contributed by atoms with van der Waals surface area (Å²) in [6.45, 7) is 8.87. The minimum atomic E-state index is -0.395. The van der Waals surface area contributed by atoms with E-state index in [0.29, 0.717) is 17.2 Å². The molecular weight excluding hydrogens is 323 g/mol. The summed E-state index contributed by atoms with van der Waals surface area (Å²) in [7, 11) is 1.49. The Bertz CT molecular complexity index is 753. The van der Waals surface area contributed by atoms with Crippen LogP contribution in [0.25, 0.3) is 0 Å². The molecule has 5 nitrogen and oxygen atoms in total. The lowest BCUT2D eigenvalue weighted by Gasteiger charge is -2.10. The molecule has 0 bridgehead atoms. The molecule has 1 heterocycles. The van der Waals surface area contributed by atoms with Gasteiger partial charge in [-0.3, -0.25) is 9.48 Å². The molecule has 0 N–H and O–H groups in total. The maximum absolute atomic E-state index is 13.4. The van der Waals surface area contributed by atoms with E-state index in [1.54, 1.807) is 0 Å². The quantitative estimate of drug-likeness (QED) is 0.718. The van der Waals surface area contributed by atoms with Crippen LogP contribution in [0.1, 0.15) is 36.4 Å². The zero-order valence-corrected chi connectivity index (χ0v) is 15.4. The average Bonchev–Trinajstić information content (AvgIpc) is 2.80. The van der Waals surface area contributed by atoms with Crippen molar-refractivity contribution in [1.29, 1.82) is 0 Å². The molecular formula is C19H25FN2O3. The fraction of sp³-hybridized carbons (Fsp3) is 0.474. The largest absolute Gasteiger partial charge is 0.496 e. The molecule has 0 aliphatic rings. The number of methoxy groups -OCH3 is 1. The molecule has 2 aromatic rings. The third-order valence-electron chi connectivity index (χ3n) is 4.02. The van der Waals surface area contributed by atoms with Crippen LogP contribution >= 0.6 is 0 Å². The fourth-order valence-corrected chi connectivity index (χ4v) is 2.73. The van der Waals surface area contributed by atoms with Gasteiger partial charge in [0.1, 0.15) is 18.2 Å². The molecule has 0 atom stereocenters. The van der Waals surface area contributed by atoms with E-state index < -0.39 is 5.82 Å². The van der Waals surface area contributed by atoms with Gasteiger partial charge < -0.3 is 9.47 Å². The molecule has 0 aliphatic carbocycles. The van der Waals surface area contributed by atoms with Crippen molar-refractivity contribution in [3.8, 4) is 5.75 Å². The van der Waals surface area contributed by atoms with Crippen LogP contribution in [0.15, 0.2) is 18.2 Å². The zero-order chi connectivity index (χ0) is 18.6. The number of hydrogen-bond acceptors (Lipinski definition) is 4. The molecule has 2 rings (SSSR count). The van der Waals surface area contributed by atoms with Crippen molar-refractivity contribution in [2.45, 2.75) is 47.3 Å². The molecule has 6 heteroatoms. The second-order valence-corrected chi connectivity index (χ2v) is 6.52. The molecule has 1 aromatic heterocycles. The number of rotatable bonds is 7. The third kappa shape index (κ3) is 4.81. The summed E-state index contributed by atoms with van der Waals surface area (Å²) in [5, 5.41) is 4.50. The smallest absolute Gasteiger partial charge is 0.310 e. The van der Waals surface area contributed by atoms with Gasteiger partial charge in [-0.15, -0.1) is 0 Å². The van der Waals surface area contributed by atoms with Crippen LogP contribution in [0.5, 0.6) is 5.75 Å². The first-order valence-corrected chi connectivity index (χ1v) is 8.32. The van der Waals surface area contributed by atoms with E-state index in [2.05, 4.69) is 18.9 Å². The second-order valence-electron chi connectivity index (χ2n) is 6.52. The minimum Gasteiger partial charge on any atom is -0.496 e. The van der Waals surface area contributed by atoms with Crippen molar-refractivity contribution in [3.63, 3.8) is 0 Å².